The van der Waals surface area contributed by atoms with E-state index >= 15 is 0 Å². The van der Waals surface area contributed by atoms with E-state index in [0.29, 0.717) is 0 Å². The lowest BCUT2D eigenvalue weighted by molar-refractivity contribution is -0.688. The number of nitrogens with zero attached hydrogens (tertiary/aromatic N) is 2. The van der Waals surface area contributed by atoms with Gasteiger partial charge in [-0.3, -0.25) is 0 Å². The van der Waals surface area contributed by atoms with Crippen LogP contribution in [-0.4, -0.2) is 4.57 Å². The molecule has 0 N–H and O–H groups in total. The summed E-state index contributed by atoms with van der Waals surface area (Å²) in [5.41, 5.74) is 5.86. The molecule has 2 aromatic rings. The first-order chi connectivity index (χ1) is 11.7. The molecule has 24 heavy (non-hydrogen) atoms. The van der Waals surface area contributed by atoms with Gasteiger partial charge in [-0.2, -0.15) is 4.57 Å². The Labute approximate surface area is 146 Å². The first-order valence-corrected chi connectivity index (χ1v) is 9.85. The van der Waals surface area contributed by atoms with Crippen molar-refractivity contribution in [2.45, 2.75) is 77.0 Å². The molecule has 0 atom stereocenters. The van der Waals surface area contributed by atoms with E-state index in [-0.39, 0.29) is 0 Å². The average molecular weight is 324 g/mol. The predicted octanol–water partition coefficient (Wildman–Crippen LogP) is 5.23. The van der Waals surface area contributed by atoms with Crippen LogP contribution < -0.4 is 4.57 Å². The second-order valence-electron chi connectivity index (χ2n) is 7.97. The van der Waals surface area contributed by atoms with Gasteiger partial charge in [0.2, 0.25) is 0 Å². The van der Waals surface area contributed by atoms with Crippen LogP contribution in [0.2, 0.25) is 0 Å². The van der Waals surface area contributed by atoms with Crippen molar-refractivity contribution in [3.63, 3.8) is 0 Å². The van der Waals surface area contributed by atoms with Gasteiger partial charge >= 0.3 is 0 Å². The third-order valence-electron chi connectivity index (χ3n) is 6.46. The van der Waals surface area contributed by atoms with Gasteiger partial charge in [0.05, 0.1) is 13.0 Å². The van der Waals surface area contributed by atoms with E-state index in [2.05, 4.69) is 54.3 Å². The molecule has 0 unspecified atom stereocenters. The molecule has 0 spiro atoms. The molecule has 0 radical (unpaired) electrons. The fourth-order valence-electron chi connectivity index (χ4n) is 5.33. The van der Waals surface area contributed by atoms with Crippen LogP contribution in [0.15, 0.2) is 24.3 Å². The Morgan fingerprint density at radius 3 is 2.08 bits per heavy atom. The van der Waals surface area contributed by atoms with Crippen LogP contribution in [0, 0.1) is 13.8 Å². The van der Waals surface area contributed by atoms with E-state index in [1.54, 1.807) is 11.5 Å². The number of rotatable bonds is 3. The number of aryl methyl sites for hydroxylation is 1. The summed E-state index contributed by atoms with van der Waals surface area (Å²) in [5.74, 6) is 3.05. The molecule has 0 saturated heterocycles. The minimum Gasteiger partial charge on any atom is -0.233 e. The normalized spacial score (nSPS) is 19.5. The van der Waals surface area contributed by atoms with Crippen LogP contribution in [-0.2, 0) is 7.05 Å². The zero-order valence-electron chi connectivity index (χ0n) is 15.5. The molecule has 2 aliphatic carbocycles. The van der Waals surface area contributed by atoms with E-state index in [1.807, 2.05) is 0 Å². The summed E-state index contributed by atoms with van der Waals surface area (Å²) >= 11 is 0. The zero-order chi connectivity index (χ0) is 16.7. The largest absolute Gasteiger partial charge is 0.265 e. The van der Waals surface area contributed by atoms with Gasteiger partial charge in [0.1, 0.15) is 17.1 Å². The molecular formula is C22H31N2+. The van der Waals surface area contributed by atoms with Crippen molar-refractivity contribution in [3.05, 3.63) is 47.0 Å². The number of hydrogen-bond donors (Lipinski definition) is 0. The fraction of sp³-hybridized carbons (Fsp3) is 0.591. The molecule has 1 aromatic heterocycles. The van der Waals surface area contributed by atoms with Crippen molar-refractivity contribution in [3.8, 4) is 5.69 Å². The molecule has 2 fully saturated rings. The lowest BCUT2D eigenvalue weighted by atomic mass is 10.0. The van der Waals surface area contributed by atoms with E-state index in [1.165, 1.54) is 68.3 Å². The molecule has 1 heterocycles. The highest BCUT2D eigenvalue weighted by atomic mass is 15.2. The Hall–Kier alpha value is -1.57. The van der Waals surface area contributed by atoms with Gasteiger partial charge < -0.3 is 0 Å². The van der Waals surface area contributed by atoms with Gasteiger partial charge in [-0.05, 0) is 44.2 Å². The lowest BCUT2D eigenvalue weighted by Gasteiger charge is -2.11. The van der Waals surface area contributed by atoms with Crippen molar-refractivity contribution in [2.24, 2.45) is 7.05 Å². The van der Waals surface area contributed by atoms with Crippen molar-refractivity contribution < 1.29 is 4.57 Å². The topological polar surface area (TPSA) is 8.81 Å². The first-order valence-electron chi connectivity index (χ1n) is 9.85. The van der Waals surface area contributed by atoms with Gasteiger partial charge in [-0.25, -0.2) is 4.57 Å². The average Bonchev–Trinajstić information content (AvgIpc) is 3.29. The van der Waals surface area contributed by atoms with Crippen LogP contribution in [0.5, 0.6) is 0 Å². The van der Waals surface area contributed by atoms with Crippen molar-refractivity contribution in [2.75, 3.05) is 0 Å². The van der Waals surface area contributed by atoms with Gasteiger partial charge in [-0.15, -0.1) is 0 Å². The monoisotopic (exact) mass is 323 g/mol. The number of benzene rings is 1. The summed E-state index contributed by atoms with van der Waals surface area (Å²) in [4.78, 5) is 0. The van der Waals surface area contributed by atoms with E-state index in [0.717, 1.165) is 11.8 Å². The van der Waals surface area contributed by atoms with Gasteiger partial charge in [0.15, 0.2) is 0 Å². The highest BCUT2D eigenvalue weighted by Gasteiger charge is 2.38. The van der Waals surface area contributed by atoms with Crippen LogP contribution >= 0.6 is 0 Å². The van der Waals surface area contributed by atoms with E-state index in [4.69, 9.17) is 0 Å². The standard InChI is InChI=1S/C22H31N2/c1-16-10-4-9-15-20(16)24-17(2)21(18-11-5-6-12-18)23(3)22(24)19-13-7-8-14-19/h4,9-10,15,18-19H,5-8,11-14H2,1-3H3/q+1. The van der Waals surface area contributed by atoms with Crippen LogP contribution in [0.4, 0.5) is 0 Å². The molecule has 4 rings (SSSR count). The lowest BCUT2D eigenvalue weighted by Crippen LogP contribution is -2.38. The number of para-hydroxylation sites is 1. The molecule has 0 amide bonds. The maximum absolute atomic E-state index is 2.61. The molecule has 0 aliphatic heterocycles. The Balaban J connectivity index is 1.93. The summed E-state index contributed by atoms with van der Waals surface area (Å²) in [7, 11) is 2.34. The predicted molar refractivity (Wildman–Crippen MR) is 98.8 cm³/mol. The second kappa shape index (κ2) is 6.38. The summed E-state index contributed by atoms with van der Waals surface area (Å²) < 4.78 is 5.20. The van der Waals surface area contributed by atoms with E-state index < -0.39 is 0 Å². The number of hydrogen-bond acceptors (Lipinski definition) is 0. The molecule has 2 aliphatic rings. The van der Waals surface area contributed by atoms with Crippen molar-refractivity contribution >= 4 is 0 Å². The summed E-state index contributed by atoms with van der Waals surface area (Å²) in [5, 5.41) is 0. The highest BCUT2D eigenvalue weighted by molar-refractivity contribution is 5.43. The quantitative estimate of drug-likeness (QED) is 0.684. The van der Waals surface area contributed by atoms with Crippen molar-refractivity contribution in [1.29, 1.82) is 0 Å². The zero-order valence-corrected chi connectivity index (χ0v) is 15.5. The Morgan fingerprint density at radius 2 is 1.46 bits per heavy atom. The maximum Gasteiger partial charge on any atom is 0.265 e. The Kier molecular flexibility index (Phi) is 4.24. The fourth-order valence-corrected chi connectivity index (χ4v) is 5.33. The molecule has 2 saturated carbocycles. The second-order valence-corrected chi connectivity index (χ2v) is 7.97. The smallest absolute Gasteiger partial charge is 0.233 e. The SMILES string of the molecule is Cc1ccccc1-n1c(C)c(C2CCCC2)[n+](C)c1C1CCCC1. The minimum absolute atomic E-state index is 0.725. The number of imidazole rings is 1. The van der Waals surface area contributed by atoms with Crippen molar-refractivity contribution in [1.82, 2.24) is 4.57 Å². The van der Waals surface area contributed by atoms with Gasteiger partial charge in [-0.1, -0.05) is 43.9 Å². The molecule has 0 bridgehead atoms. The molecule has 2 heteroatoms. The van der Waals surface area contributed by atoms with E-state index in [9.17, 15) is 0 Å². The van der Waals surface area contributed by atoms with Gasteiger partial charge in [0.25, 0.3) is 5.82 Å². The summed E-state index contributed by atoms with van der Waals surface area (Å²) in [6.45, 7) is 4.61. The maximum atomic E-state index is 2.61. The minimum atomic E-state index is 0.725. The third-order valence-corrected chi connectivity index (χ3v) is 6.46. The van der Waals surface area contributed by atoms with Crippen LogP contribution in [0.25, 0.3) is 5.69 Å². The number of aromatic nitrogens is 2. The summed E-state index contributed by atoms with van der Waals surface area (Å²) in [6, 6.07) is 8.90. The molecule has 1 aromatic carbocycles. The molecule has 2 nitrogen and oxygen atoms in total. The molecule has 128 valence electrons. The first kappa shape index (κ1) is 15.9. The molecular weight excluding hydrogens is 292 g/mol. The van der Waals surface area contributed by atoms with Crippen LogP contribution in [0.3, 0.4) is 0 Å². The third kappa shape index (κ3) is 2.51. The Morgan fingerprint density at radius 1 is 0.875 bits per heavy atom. The Bertz CT molecular complexity index is 729. The highest BCUT2D eigenvalue weighted by Crippen LogP contribution is 2.39. The van der Waals surface area contributed by atoms with Gasteiger partial charge in [0, 0.05) is 12.8 Å². The summed E-state index contributed by atoms with van der Waals surface area (Å²) in [6.07, 6.45) is 11.0. The van der Waals surface area contributed by atoms with Crippen LogP contribution in [0.1, 0.15) is 86.0 Å².